The second kappa shape index (κ2) is 8.38. The first-order valence-electron chi connectivity index (χ1n) is 12.9. The highest BCUT2D eigenvalue weighted by molar-refractivity contribution is 8.00. The van der Waals surface area contributed by atoms with Crippen molar-refractivity contribution in [1.82, 2.24) is 4.98 Å². The van der Waals surface area contributed by atoms with E-state index in [1.165, 1.54) is 65.2 Å². The number of fused-ring (bicyclic) bond motifs is 5. The molecule has 0 N–H and O–H groups in total. The Morgan fingerprint density at radius 3 is 2.46 bits per heavy atom. The first kappa shape index (κ1) is 22.6. The maximum absolute atomic E-state index is 5.00. The van der Waals surface area contributed by atoms with E-state index >= 15 is 0 Å². The molecule has 0 saturated heterocycles. The van der Waals surface area contributed by atoms with Gasteiger partial charge in [-0.15, -0.1) is 0 Å². The fourth-order valence-corrected chi connectivity index (χ4v) is 6.89. The van der Waals surface area contributed by atoms with Gasteiger partial charge in [-0.05, 0) is 86.9 Å². The number of pyridine rings is 1. The number of benzene rings is 4. The molecule has 4 aromatic carbocycles. The van der Waals surface area contributed by atoms with Gasteiger partial charge in [-0.1, -0.05) is 88.8 Å². The quantitative estimate of drug-likeness (QED) is 0.235. The fourth-order valence-electron chi connectivity index (χ4n) is 5.62. The summed E-state index contributed by atoms with van der Waals surface area (Å²) in [5.41, 5.74) is 5.56. The minimum atomic E-state index is 0.200. The van der Waals surface area contributed by atoms with Gasteiger partial charge in [0.15, 0.2) is 0 Å². The van der Waals surface area contributed by atoms with E-state index in [9.17, 15) is 0 Å². The zero-order valence-electron chi connectivity index (χ0n) is 21.4. The molecule has 2 heteroatoms. The Morgan fingerprint density at radius 2 is 1.66 bits per heavy atom. The van der Waals surface area contributed by atoms with E-state index in [1.807, 2.05) is 18.0 Å². The summed E-state index contributed by atoms with van der Waals surface area (Å²) < 4.78 is 0. The molecule has 0 aliphatic carbocycles. The van der Waals surface area contributed by atoms with Gasteiger partial charge >= 0.3 is 0 Å². The summed E-state index contributed by atoms with van der Waals surface area (Å²) in [6, 6.07) is 22.8. The van der Waals surface area contributed by atoms with Gasteiger partial charge in [0.2, 0.25) is 0 Å². The van der Waals surface area contributed by atoms with Crippen LogP contribution in [0.15, 0.2) is 76.7 Å². The Kier molecular flexibility index (Phi) is 5.41. The zero-order valence-corrected chi connectivity index (χ0v) is 22.2. The maximum Gasteiger partial charge on any atom is 0.0803 e. The topological polar surface area (TPSA) is 12.9 Å². The van der Waals surface area contributed by atoms with Crippen LogP contribution in [0.1, 0.15) is 52.2 Å². The van der Waals surface area contributed by atoms with Crippen LogP contribution in [0.2, 0.25) is 0 Å². The van der Waals surface area contributed by atoms with Gasteiger partial charge in [0, 0.05) is 26.9 Å². The molecule has 5 aromatic rings. The summed E-state index contributed by atoms with van der Waals surface area (Å²) in [6.45, 7) is 11.7. The van der Waals surface area contributed by atoms with Gasteiger partial charge in [0.05, 0.1) is 5.69 Å². The highest BCUT2D eigenvalue weighted by Crippen LogP contribution is 2.52. The molecule has 35 heavy (non-hydrogen) atoms. The highest BCUT2D eigenvalue weighted by atomic mass is 32.2. The van der Waals surface area contributed by atoms with Crippen LogP contribution in [0.3, 0.4) is 0 Å². The van der Waals surface area contributed by atoms with Crippen molar-refractivity contribution in [2.75, 3.05) is 0 Å². The van der Waals surface area contributed by atoms with Crippen molar-refractivity contribution in [1.29, 1.82) is 0 Å². The molecule has 176 valence electrons. The van der Waals surface area contributed by atoms with Gasteiger partial charge in [0.25, 0.3) is 0 Å². The normalized spacial score (nSPS) is 13.2. The molecule has 0 radical (unpaired) electrons. The van der Waals surface area contributed by atoms with Crippen molar-refractivity contribution < 1.29 is 0 Å². The standard InChI is InChI=1S/C33H33NS/c1-20(2)13-14-21-10-8-12-24-25-15-16-34-31-27-17-22-9-6-7-11-23(22)28(19-33(3,4)5)32(27)35-29(30(25)31)18-26(21)24/h6-12,15-18,20H,13-14,19H2,1-5H3. The summed E-state index contributed by atoms with van der Waals surface area (Å²) in [5, 5.41) is 8.09. The van der Waals surface area contributed by atoms with Crippen molar-refractivity contribution in [3.8, 4) is 11.3 Å². The van der Waals surface area contributed by atoms with E-state index in [1.54, 1.807) is 0 Å². The van der Waals surface area contributed by atoms with Crippen LogP contribution in [0.5, 0.6) is 0 Å². The van der Waals surface area contributed by atoms with E-state index in [2.05, 4.69) is 95.3 Å². The number of nitrogens with zero attached hydrogens (tertiary/aromatic N) is 1. The lowest BCUT2D eigenvalue weighted by Crippen LogP contribution is -2.12. The average Bonchev–Trinajstić information content (AvgIpc) is 2.82. The lowest BCUT2D eigenvalue weighted by atomic mass is 9.84. The molecule has 1 aliphatic rings. The molecule has 0 bridgehead atoms. The summed E-state index contributed by atoms with van der Waals surface area (Å²) in [7, 11) is 0. The molecule has 0 fully saturated rings. The predicted octanol–water partition coefficient (Wildman–Crippen LogP) is 9.85. The molecule has 2 heterocycles. The lowest BCUT2D eigenvalue weighted by Gasteiger charge is -2.27. The van der Waals surface area contributed by atoms with Crippen LogP contribution < -0.4 is 0 Å². The second-order valence-electron chi connectivity index (χ2n) is 11.7. The van der Waals surface area contributed by atoms with Crippen molar-refractivity contribution in [3.05, 3.63) is 78.0 Å². The molecule has 1 aliphatic heterocycles. The van der Waals surface area contributed by atoms with E-state index in [4.69, 9.17) is 4.98 Å². The number of rotatable bonds is 4. The Hall–Kier alpha value is -2.84. The maximum atomic E-state index is 5.00. The molecule has 0 unspecified atom stereocenters. The molecule has 0 atom stereocenters. The van der Waals surface area contributed by atoms with Gasteiger partial charge < -0.3 is 0 Å². The summed E-state index contributed by atoms with van der Waals surface area (Å²) in [6.07, 6.45) is 5.40. The van der Waals surface area contributed by atoms with Crippen LogP contribution in [-0.4, -0.2) is 4.98 Å². The third-order valence-electron chi connectivity index (χ3n) is 7.23. The number of aromatic nitrogens is 1. The van der Waals surface area contributed by atoms with E-state index < -0.39 is 0 Å². The highest BCUT2D eigenvalue weighted by Gasteiger charge is 2.27. The van der Waals surface area contributed by atoms with Crippen molar-refractivity contribution in [2.45, 2.75) is 63.7 Å². The van der Waals surface area contributed by atoms with Gasteiger partial charge in [-0.25, -0.2) is 0 Å². The Bertz CT molecular complexity index is 1600. The van der Waals surface area contributed by atoms with Gasteiger partial charge in [0.1, 0.15) is 0 Å². The van der Waals surface area contributed by atoms with E-state index in [0.717, 1.165) is 18.5 Å². The predicted molar refractivity (Wildman–Crippen MR) is 153 cm³/mol. The zero-order chi connectivity index (χ0) is 24.3. The molecule has 0 amide bonds. The Morgan fingerprint density at radius 1 is 0.857 bits per heavy atom. The first-order chi connectivity index (χ1) is 16.8. The van der Waals surface area contributed by atoms with Crippen molar-refractivity contribution >= 4 is 44.1 Å². The van der Waals surface area contributed by atoms with Crippen LogP contribution in [-0.2, 0) is 12.8 Å². The molecule has 0 spiro atoms. The lowest BCUT2D eigenvalue weighted by molar-refractivity contribution is 0.410. The van der Waals surface area contributed by atoms with Crippen LogP contribution in [0.4, 0.5) is 0 Å². The largest absolute Gasteiger partial charge is 0.256 e. The molecule has 1 nitrogen and oxygen atoms in total. The third kappa shape index (κ3) is 3.93. The summed E-state index contributed by atoms with van der Waals surface area (Å²) >= 11 is 1.97. The monoisotopic (exact) mass is 475 g/mol. The SMILES string of the molecule is CC(C)CCc1cccc2c1cc1c3c(nccc32)-c2cc3ccccc3c(CC(C)(C)C)c2S1. The fraction of sp³-hybridized carbons (Fsp3) is 0.303. The van der Waals surface area contributed by atoms with Crippen molar-refractivity contribution in [2.24, 2.45) is 11.3 Å². The minimum absolute atomic E-state index is 0.200. The molecule has 1 aromatic heterocycles. The van der Waals surface area contributed by atoms with Crippen LogP contribution in [0.25, 0.3) is 43.6 Å². The smallest absolute Gasteiger partial charge is 0.0803 e. The molecule has 6 rings (SSSR count). The number of hydrogen-bond acceptors (Lipinski definition) is 2. The summed E-state index contributed by atoms with van der Waals surface area (Å²) in [4.78, 5) is 7.74. The molecular formula is C33H33NS. The molecular weight excluding hydrogens is 442 g/mol. The molecule has 0 saturated carbocycles. The van der Waals surface area contributed by atoms with Crippen LogP contribution >= 0.6 is 11.8 Å². The number of aryl methyl sites for hydroxylation is 1. The van der Waals surface area contributed by atoms with Gasteiger partial charge in [-0.3, -0.25) is 4.98 Å². The Balaban J connectivity index is 1.66. The third-order valence-corrected chi connectivity index (χ3v) is 8.44. The van der Waals surface area contributed by atoms with Crippen LogP contribution in [0, 0.1) is 11.3 Å². The summed E-state index contributed by atoms with van der Waals surface area (Å²) in [5.74, 6) is 0.703. The van der Waals surface area contributed by atoms with E-state index in [-0.39, 0.29) is 5.41 Å². The minimum Gasteiger partial charge on any atom is -0.256 e. The Labute approximate surface area is 213 Å². The number of hydrogen-bond donors (Lipinski definition) is 0. The van der Waals surface area contributed by atoms with Crippen molar-refractivity contribution in [3.63, 3.8) is 0 Å². The van der Waals surface area contributed by atoms with Gasteiger partial charge in [-0.2, -0.15) is 0 Å². The second-order valence-corrected chi connectivity index (χ2v) is 12.7. The first-order valence-corrected chi connectivity index (χ1v) is 13.7. The average molecular weight is 476 g/mol. The van der Waals surface area contributed by atoms with E-state index in [0.29, 0.717) is 5.92 Å².